The Morgan fingerprint density at radius 3 is 2.29 bits per heavy atom. The molecule has 7 heteroatoms. The first-order chi connectivity index (χ1) is 16.5. The SMILES string of the molecule is Cc1cc(CC(C)C)cc(C)c1/C=C/S(=O)(=O)N1CCC2(CC1)N=C(C1CCC(C)CC1)NC2=O. The summed E-state index contributed by atoms with van der Waals surface area (Å²) in [5.74, 6) is 2.44. The quantitative estimate of drug-likeness (QED) is 0.599. The van der Waals surface area contributed by atoms with Gasteiger partial charge in [0.1, 0.15) is 11.4 Å². The highest BCUT2D eigenvalue weighted by Gasteiger charge is 2.48. The molecule has 2 fully saturated rings. The molecule has 0 unspecified atom stereocenters. The molecule has 1 aromatic rings. The summed E-state index contributed by atoms with van der Waals surface area (Å²) in [5, 5.41) is 4.39. The third-order valence-electron chi connectivity index (χ3n) is 8.01. The number of rotatable bonds is 6. The predicted octanol–water partition coefficient (Wildman–Crippen LogP) is 4.99. The van der Waals surface area contributed by atoms with E-state index in [0.29, 0.717) is 37.8 Å². The zero-order valence-electron chi connectivity index (χ0n) is 21.9. The van der Waals surface area contributed by atoms with E-state index < -0.39 is 15.6 Å². The van der Waals surface area contributed by atoms with E-state index in [-0.39, 0.29) is 5.91 Å². The third kappa shape index (κ3) is 5.72. The molecule has 1 N–H and O–H groups in total. The van der Waals surface area contributed by atoms with Gasteiger partial charge in [0.25, 0.3) is 5.91 Å². The van der Waals surface area contributed by atoms with Crippen molar-refractivity contribution < 1.29 is 13.2 Å². The van der Waals surface area contributed by atoms with Crippen LogP contribution in [0.5, 0.6) is 0 Å². The van der Waals surface area contributed by atoms with Crippen LogP contribution in [-0.2, 0) is 21.2 Å². The molecule has 4 rings (SSSR count). The number of piperidine rings is 1. The monoisotopic (exact) mass is 499 g/mol. The number of aryl methyl sites for hydroxylation is 2. The topological polar surface area (TPSA) is 78.8 Å². The lowest BCUT2D eigenvalue weighted by Crippen LogP contribution is -2.50. The van der Waals surface area contributed by atoms with Gasteiger partial charge in [-0.3, -0.25) is 9.79 Å². The van der Waals surface area contributed by atoms with Gasteiger partial charge in [0.15, 0.2) is 0 Å². The van der Waals surface area contributed by atoms with Crippen LogP contribution in [-0.4, -0.2) is 43.1 Å². The van der Waals surface area contributed by atoms with Crippen molar-refractivity contribution in [3.05, 3.63) is 39.8 Å². The van der Waals surface area contributed by atoms with Crippen molar-refractivity contribution in [1.82, 2.24) is 9.62 Å². The van der Waals surface area contributed by atoms with Crippen LogP contribution in [0.25, 0.3) is 6.08 Å². The second kappa shape index (κ2) is 10.2. The maximum absolute atomic E-state index is 13.1. The molecule has 3 aliphatic rings. The van der Waals surface area contributed by atoms with E-state index >= 15 is 0 Å². The minimum atomic E-state index is -3.58. The summed E-state index contributed by atoms with van der Waals surface area (Å²) in [5.41, 5.74) is 3.63. The molecule has 1 saturated heterocycles. The Bertz CT molecular complexity index is 1100. The molecule has 1 aromatic carbocycles. The number of amides is 1. The molecule has 0 aromatic heterocycles. The lowest BCUT2D eigenvalue weighted by Gasteiger charge is -2.34. The second-order valence-corrected chi connectivity index (χ2v) is 13.2. The fraction of sp³-hybridized carbons (Fsp3) is 0.643. The lowest BCUT2D eigenvalue weighted by molar-refractivity contribution is -0.124. The summed E-state index contributed by atoms with van der Waals surface area (Å²) in [4.78, 5) is 17.8. The maximum Gasteiger partial charge on any atom is 0.253 e. The van der Waals surface area contributed by atoms with Crippen LogP contribution >= 0.6 is 0 Å². The minimum absolute atomic E-state index is 0.0496. The molecular weight excluding hydrogens is 458 g/mol. The summed E-state index contributed by atoms with van der Waals surface area (Å²) in [6.07, 6.45) is 8.08. The molecule has 6 nitrogen and oxygen atoms in total. The molecule has 2 aliphatic heterocycles. The van der Waals surface area contributed by atoms with Crippen LogP contribution in [0.3, 0.4) is 0 Å². The van der Waals surface area contributed by atoms with Gasteiger partial charge in [-0.05, 0) is 86.1 Å². The molecule has 0 bridgehead atoms. The Labute approximate surface area is 211 Å². The van der Waals surface area contributed by atoms with Gasteiger partial charge in [0.2, 0.25) is 10.0 Å². The number of sulfonamides is 1. The fourth-order valence-electron chi connectivity index (χ4n) is 5.87. The summed E-state index contributed by atoms with van der Waals surface area (Å²) in [6, 6.07) is 4.32. The molecular formula is C28H41N3O3S. The van der Waals surface area contributed by atoms with Crippen molar-refractivity contribution in [3.63, 3.8) is 0 Å². The smallest absolute Gasteiger partial charge is 0.253 e. The van der Waals surface area contributed by atoms with Crippen LogP contribution in [0.1, 0.15) is 81.5 Å². The van der Waals surface area contributed by atoms with E-state index in [1.165, 1.54) is 28.1 Å². The van der Waals surface area contributed by atoms with Crippen molar-refractivity contribution in [2.24, 2.45) is 22.7 Å². The highest BCUT2D eigenvalue weighted by atomic mass is 32.2. The average Bonchev–Trinajstić information content (AvgIpc) is 3.09. The van der Waals surface area contributed by atoms with E-state index in [1.807, 2.05) is 13.8 Å². The van der Waals surface area contributed by atoms with Gasteiger partial charge in [0, 0.05) is 24.4 Å². The number of carbonyl (C=O) groups excluding carboxylic acids is 1. The van der Waals surface area contributed by atoms with Crippen molar-refractivity contribution in [1.29, 1.82) is 0 Å². The first-order valence-electron chi connectivity index (χ1n) is 13.2. The van der Waals surface area contributed by atoms with Crippen molar-refractivity contribution in [2.45, 2.75) is 85.1 Å². The van der Waals surface area contributed by atoms with Crippen LogP contribution in [0, 0.1) is 31.6 Å². The zero-order valence-corrected chi connectivity index (χ0v) is 22.7. The summed E-state index contributed by atoms with van der Waals surface area (Å²) in [6.45, 7) is 11.4. The lowest BCUT2D eigenvalue weighted by atomic mass is 9.82. The van der Waals surface area contributed by atoms with Gasteiger partial charge in [-0.1, -0.05) is 45.7 Å². The first-order valence-corrected chi connectivity index (χ1v) is 14.7. The van der Waals surface area contributed by atoms with Crippen molar-refractivity contribution in [2.75, 3.05) is 13.1 Å². The van der Waals surface area contributed by atoms with Gasteiger partial charge in [-0.15, -0.1) is 0 Å². The molecule has 192 valence electrons. The van der Waals surface area contributed by atoms with Crippen LogP contribution in [0.15, 0.2) is 22.5 Å². The van der Waals surface area contributed by atoms with Crippen LogP contribution < -0.4 is 5.32 Å². The fourth-order valence-corrected chi connectivity index (χ4v) is 7.05. The zero-order chi connectivity index (χ0) is 25.4. The largest absolute Gasteiger partial charge is 0.312 e. The summed E-state index contributed by atoms with van der Waals surface area (Å²) in [7, 11) is -3.58. The molecule has 1 amide bonds. The van der Waals surface area contributed by atoms with E-state index in [0.717, 1.165) is 47.7 Å². The number of aliphatic imine (C=N–C) groups is 1. The molecule has 0 atom stereocenters. The van der Waals surface area contributed by atoms with Crippen molar-refractivity contribution >= 4 is 27.8 Å². The highest BCUT2D eigenvalue weighted by Crippen LogP contribution is 2.36. The Kier molecular flexibility index (Phi) is 7.58. The number of carbonyl (C=O) groups is 1. The summed E-state index contributed by atoms with van der Waals surface area (Å²) < 4.78 is 27.7. The number of nitrogens with zero attached hydrogens (tertiary/aromatic N) is 2. The number of nitrogens with one attached hydrogen (secondary N) is 1. The van der Waals surface area contributed by atoms with Gasteiger partial charge in [-0.2, -0.15) is 4.31 Å². The van der Waals surface area contributed by atoms with Gasteiger partial charge < -0.3 is 5.32 Å². The third-order valence-corrected chi connectivity index (χ3v) is 9.58. The number of benzene rings is 1. The minimum Gasteiger partial charge on any atom is -0.312 e. The highest BCUT2D eigenvalue weighted by molar-refractivity contribution is 7.92. The first kappa shape index (κ1) is 26.1. The molecule has 1 aliphatic carbocycles. The van der Waals surface area contributed by atoms with E-state index in [9.17, 15) is 13.2 Å². The standard InChI is InChI=1S/C28H41N3O3S/c1-19(2)16-23-17-21(4)25(22(5)18-23)10-15-35(33,34)31-13-11-28(12-14-31)27(32)29-26(30-28)24-8-6-20(3)7-9-24/h10,15,17-20,24H,6-9,11-14,16H2,1-5H3,(H,29,30,32)/b15-10+. The van der Waals surface area contributed by atoms with Crippen molar-refractivity contribution in [3.8, 4) is 0 Å². The normalized spacial score (nSPS) is 25.4. The van der Waals surface area contributed by atoms with Crippen LogP contribution in [0.4, 0.5) is 0 Å². The van der Waals surface area contributed by atoms with E-state index in [1.54, 1.807) is 6.08 Å². The maximum atomic E-state index is 13.1. The van der Waals surface area contributed by atoms with Crippen LogP contribution in [0.2, 0.25) is 0 Å². The average molecular weight is 500 g/mol. The van der Waals surface area contributed by atoms with Gasteiger partial charge >= 0.3 is 0 Å². The molecule has 2 heterocycles. The number of hydrogen-bond acceptors (Lipinski definition) is 4. The molecule has 35 heavy (non-hydrogen) atoms. The Hall–Kier alpha value is -1.99. The second-order valence-electron chi connectivity index (χ2n) is 11.4. The van der Waals surface area contributed by atoms with Gasteiger partial charge in [-0.25, -0.2) is 8.42 Å². The van der Waals surface area contributed by atoms with Gasteiger partial charge in [0.05, 0.1) is 0 Å². The Morgan fingerprint density at radius 2 is 1.71 bits per heavy atom. The molecule has 0 radical (unpaired) electrons. The predicted molar refractivity (Wildman–Crippen MR) is 143 cm³/mol. The Morgan fingerprint density at radius 1 is 1.11 bits per heavy atom. The number of amidine groups is 1. The number of hydrogen-bond donors (Lipinski definition) is 1. The van der Waals surface area contributed by atoms with E-state index in [4.69, 9.17) is 4.99 Å². The Balaban J connectivity index is 1.43. The molecule has 1 saturated carbocycles. The summed E-state index contributed by atoms with van der Waals surface area (Å²) >= 11 is 0. The molecule has 1 spiro atoms. The van der Waals surface area contributed by atoms with E-state index in [2.05, 4.69) is 38.2 Å².